The molecule has 3 aromatic carbocycles. The van der Waals surface area contributed by atoms with Gasteiger partial charge in [-0.15, -0.1) is 0 Å². The van der Waals surface area contributed by atoms with Gasteiger partial charge in [0.1, 0.15) is 6.04 Å². The molecule has 0 aromatic heterocycles. The first-order chi connectivity index (χ1) is 18.6. The number of benzene rings is 3. The summed E-state index contributed by atoms with van der Waals surface area (Å²) >= 11 is 0. The largest absolute Gasteiger partial charge is 0.355 e. The number of hydrogen-bond acceptors (Lipinski definition) is 4. The van der Waals surface area contributed by atoms with Crippen molar-refractivity contribution >= 4 is 27.5 Å². The van der Waals surface area contributed by atoms with Gasteiger partial charge in [0.15, 0.2) is 0 Å². The maximum absolute atomic E-state index is 13.7. The number of nitrogens with one attached hydrogen (secondary N) is 1. The quantitative estimate of drug-likeness (QED) is 0.337. The molecule has 1 atom stereocenters. The molecule has 0 saturated carbocycles. The zero-order valence-corrected chi connectivity index (χ0v) is 24.1. The molecule has 0 aliphatic carbocycles. The third-order valence-corrected chi connectivity index (χ3v) is 7.66. The molecule has 0 unspecified atom stereocenters. The van der Waals surface area contributed by atoms with Gasteiger partial charge >= 0.3 is 0 Å². The molecule has 7 nitrogen and oxygen atoms in total. The molecule has 0 radical (unpaired) electrons. The maximum atomic E-state index is 13.7. The molecule has 1 N–H and O–H groups in total. The van der Waals surface area contributed by atoms with Crippen LogP contribution in [0.1, 0.15) is 42.0 Å². The van der Waals surface area contributed by atoms with Crippen molar-refractivity contribution in [3.05, 3.63) is 101 Å². The highest BCUT2D eigenvalue weighted by molar-refractivity contribution is 7.92. The molecular weight excluding hydrogens is 510 g/mol. The lowest BCUT2D eigenvalue weighted by Crippen LogP contribution is -2.50. The SMILES string of the molecule is CCNC(=O)[C@H](Cc1ccccc1)N(Cc1ccccc1)C(=O)CCCN(c1cc(C)cc(C)c1)S(C)(=O)=O. The summed E-state index contributed by atoms with van der Waals surface area (Å²) in [6, 6.07) is 24.2. The average molecular weight is 550 g/mol. The van der Waals surface area contributed by atoms with E-state index in [9.17, 15) is 18.0 Å². The molecule has 0 bridgehead atoms. The first-order valence-electron chi connectivity index (χ1n) is 13.3. The topological polar surface area (TPSA) is 86.8 Å². The Morgan fingerprint density at radius 1 is 0.872 bits per heavy atom. The van der Waals surface area contributed by atoms with Crippen LogP contribution in [0.4, 0.5) is 5.69 Å². The van der Waals surface area contributed by atoms with E-state index < -0.39 is 16.1 Å². The smallest absolute Gasteiger partial charge is 0.243 e. The first kappa shape index (κ1) is 29.9. The van der Waals surface area contributed by atoms with Gasteiger partial charge in [0, 0.05) is 32.5 Å². The summed E-state index contributed by atoms with van der Waals surface area (Å²) in [6.45, 7) is 6.61. The predicted molar refractivity (Wildman–Crippen MR) is 157 cm³/mol. The van der Waals surface area contributed by atoms with Crippen LogP contribution in [0.3, 0.4) is 0 Å². The summed E-state index contributed by atoms with van der Waals surface area (Å²) in [7, 11) is -3.55. The number of hydrogen-bond donors (Lipinski definition) is 1. The molecule has 3 aromatic rings. The molecule has 208 valence electrons. The van der Waals surface area contributed by atoms with Crippen LogP contribution in [0.15, 0.2) is 78.9 Å². The van der Waals surface area contributed by atoms with E-state index in [1.165, 1.54) is 10.6 Å². The van der Waals surface area contributed by atoms with Crippen molar-refractivity contribution in [2.24, 2.45) is 0 Å². The number of carbonyl (C=O) groups excluding carboxylic acids is 2. The lowest BCUT2D eigenvalue weighted by molar-refractivity contribution is -0.141. The van der Waals surface area contributed by atoms with Crippen LogP contribution in [0.5, 0.6) is 0 Å². The van der Waals surface area contributed by atoms with E-state index in [1.54, 1.807) is 4.90 Å². The van der Waals surface area contributed by atoms with Gasteiger partial charge in [0.25, 0.3) is 0 Å². The van der Waals surface area contributed by atoms with E-state index in [4.69, 9.17) is 0 Å². The Kier molecular flexibility index (Phi) is 10.7. The van der Waals surface area contributed by atoms with Crippen molar-refractivity contribution in [3.63, 3.8) is 0 Å². The van der Waals surface area contributed by atoms with Gasteiger partial charge in [0.2, 0.25) is 21.8 Å². The van der Waals surface area contributed by atoms with Crippen molar-refractivity contribution < 1.29 is 18.0 Å². The van der Waals surface area contributed by atoms with E-state index in [2.05, 4.69) is 5.32 Å². The van der Waals surface area contributed by atoms with E-state index in [-0.39, 0.29) is 31.3 Å². The predicted octanol–water partition coefficient (Wildman–Crippen LogP) is 4.63. The minimum atomic E-state index is -3.55. The standard InChI is InChI=1S/C31H39N3O4S/c1-5-32-31(36)29(22-26-13-8-6-9-14-26)33(23-27-15-10-7-11-16-27)30(35)17-12-18-34(39(4,37)38)28-20-24(2)19-25(3)21-28/h6-11,13-16,19-21,29H,5,12,17-18,22-23H2,1-4H3,(H,32,36)/t29-/m0/s1. The van der Waals surface area contributed by atoms with E-state index in [1.807, 2.05) is 99.6 Å². The van der Waals surface area contributed by atoms with Gasteiger partial charge in [-0.25, -0.2) is 8.42 Å². The van der Waals surface area contributed by atoms with Gasteiger partial charge < -0.3 is 10.2 Å². The fourth-order valence-corrected chi connectivity index (χ4v) is 5.67. The molecule has 0 aliphatic rings. The van der Waals surface area contributed by atoms with Crippen LogP contribution in [0.2, 0.25) is 0 Å². The summed E-state index contributed by atoms with van der Waals surface area (Å²) < 4.78 is 26.7. The highest BCUT2D eigenvalue weighted by Gasteiger charge is 2.30. The number of likely N-dealkylation sites (N-methyl/N-ethyl adjacent to an activating group) is 1. The third-order valence-electron chi connectivity index (χ3n) is 6.46. The highest BCUT2D eigenvalue weighted by atomic mass is 32.2. The lowest BCUT2D eigenvalue weighted by atomic mass is 10.0. The van der Waals surface area contributed by atoms with Crippen molar-refractivity contribution in [1.82, 2.24) is 10.2 Å². The minimum Gasteiger partial charge on any atom is -0.355 e. The fraction of sp³-hybridized carbons (Fsp3) is 0.355. The number of anilines is 1. The summed E-state index contributed by atoms with van der Waals surface area (Å²) in [5.74, 6) is -0.404. The number of amides is 2. The Balaban J connectivity index is 1.85. The van der Waals surface area contributed by atoms with Gasteiger partial charge in [0.05, 0.1) is 11.9 Å². The Morgan fingerprint density at radius 3 is 1.97 bits per heavy atom. The van der Waals surface area contributed by atoms with Crippen LogP contribution in [0, 0.1) is 13.8 Å². The lowest BCUT2D eigenvalue weighted by Gasteiger charge is -2.32. The van der Waals surface area contributed by atoms with Gasteiger partial charge in [-0.1, -0.05) is 66.7 Å². The molecule has 8 heteroatoms. The van der Waals surface area contributed by atoms with Crippen LogP contribution in [0.25, 0.3) is 0 Å². The summed E-state index contributed by atoms with van der Waals surface area (Å²) in [5.41, 5.74) is 4.40. The Bertz CT molecular complexity index is 1320. The minimum absolute atomic E-state index is 0.106. The zero-order chi connectivity index (χ0) is 28.4. The number of nitrogens with zero attached hydrogens (tertiary/aromatic N) is 2. The average Bonchev–Trinajstić information content (AvgIpc) is 2.88. The molecule has 2 amide bonds. The molecule has 39 heavy (non-hydrogen) atoms. The molecule has 0 fully saturated rings. The van der Waals surface area contributed by atoms with E-state index in [0.717, 1.165) is 22.3 Å². The van der Waals surface area contributed by atoms with Crippen LogP contribution in [-0.4, -0.2) is 50.5 Å². The van der Waals surface area contributed by atoms with Crippen LogP contribution >= 0.6 is 0 Å². The molecule has 0 spiro atoms. The normalized spacial score (nSPS) is 12.0. The maximum Gasteiger partial charge on any atom is 0.243 e. The van der Waals surface area contributed by atoms with E-state index in [0.29, 0.717) is 25.1 Å². The van der Waals surface area contributed by atoms with Gasteiger partial charge in [-0.3, -0.25) is 13.9 Å². The molecule has 0 aliphatic heterocycles. The number of carbonyl (C=O) groups is 2. The number of sulfonamides is 1. The number of aryl methyl sites for hydroxylation is 2. The third kappa shape index (κ3) is 8.96. The van der Waals surface area contributed by atoms with Crippen molar-refractivity contribution in [1.29, 1.82) is 0 Å². The van der Waals surface area contributed by atoms with Crippen molar-refractivity contribution in [2.45, 2.75) is 52.6 Å². The monoisotopic (exact) mass is 549 g/mol. The highest BCUT2D eigenvalue weighted by Crippen LogP contribution is 2.23. The second-order valence-electron chi connectivity index (χ2n) is 9.89. The van der Waals surface area contributed by atoms with Crippen molar-refractivity contribution in [3.8, 4) is 0 Å². The Hall–Kier alpha value is -3.65. The van der Waals surface area contributed by atoms with Crippen LogP contribution in [-0.2, 0) is 32.6 Å². The van der Waals surface area contributed by atoms with Crippen LogP contribution < -0.4 is 9.62 Å². The Labute approximate surface area is 232 Å². The van der Waals surface area contributed by atoms with Gasteiger partial charge in [-0.2, -0.15) is 0 Å². The second kappa shape index (κ2) is 13.9. The fourth-order valence-electron chi connectivity index (χ4n) is 4.72. The molecule has 3 rings (SSSR count). The molecule has 0 heterocycles. The summed E-state index contributed by atoms with van der Waals surface area (Å²) in [6.07, 6.45) is 1.98. The number of rotatable bonds is 13. The molecular formula is C31H39N3O4S. The molecule has 0 saturated heterocycles. The second-order valence-corrected chi connectivity index (χ2v) is 11.8. The van der Waals surface area contributed by atoms with Gasteiger partial charge in [-0.05, 0) is 61.6 Å². The van der Waals surface area contributed by atoms with E-state index >= 15 is 0 Å². The van der Waals surface area contributed by atoms with Crippen molar-refractivity contribution in [2.75, 3.05) is 23.7 Å². The summed E-state index contributed by atoms with van der Waals surface area (Å²) in [5, 5.41) is 2.89. The summed E-state index contributed by atoms with van der Waals surface area (Å²) in [4.78, 5) is 28.6. The zero-order valence-electron chi connectivity index (χ0n) is 23.3. The Morgan fingerprint density at radius 2 is 1.44 bits per heavy atom. The first-order valence-corrected chi connectivity index (χ1v) is 15.1.